The van der Waals surface area contributed by atoms with Crippen LogP contribution in [0.3, 0.4) is 0 Å². The number of rotatable bonds is 3. The van der Waals surface area contributed by atoms with E-state index in [1.165, 1.54) is 0 Å². The first kappa shape index (κ1) is 16.9. The maximum Gasteiger partial charge on any atom is 0.257 e. The van der Waals surface area contributed by atoms with Gasteiger partial charge in [-0.15, -0.1) is 0 Å². The third-order valence-electron chi connectivity index (χ3n) is 2.95. The highest BCUT2D eigenvalue weighted by Gasteiger charge is 2.09. The zero-order valence-electron chi connectivity index (χ0n) is 12.2. The van der Waals surface area contributed by atoms with Crippen molar-refractivity contribution in [3.05, 3.63) is 64.7 Å². The van der Waals surface area contributed by atoms with E-state index < -0.39 is 0 Å². The molecule has 0 atom stereocenters. The summed E-state index contributed by atoms with van der Waals surface area (Å²) >= 11 is 10.9. The number of carbonyl (C=O) groups is 2. The minimum Gasteiger partial charge on any atom is -0.355 e. The lowest BCUT2D eigenvalue weighted by atomic mass is 10.2. The van der Waals surface area contributed by atoms with Crippen LogP contribution in [0.15, 0.2) is 48.5 Å². The van der Waals surface area contributed by atoms with Crippen LogP contribution in [0, 0.1) is 0 Å². The Morgan fingerprint density at radius 2 is 1.70 bits per heavy atom. The van der Waals surface area contributed by atoms with Gasteiger partial charge in [-0.3, -0.25) is 14.9 Å². The molecule has 0 saturated heterocycles. The molecular formula is C16H14ClN3O2S. The van der Waals surface area contributed by atoms with E-state index in [0.717, 1.165) is 0 Å². The first-order valence-electron chi connectivity index (χ1n) is 6.69. The highest BCUT2D eigenvalue weighted by Crippen LogP contribution is 2.11. The molecule has 2 aromatic carbocycles. The molecule has 0 unspecified atom stereocenters. The van der Waals surface area contributed by atoms with Crippen LogP contribution >= 0.6 is 23.8 Å². The van der Waals surface area contributed by atoms with Gasteiger partial charge in [-0.25, -0.2) is 0 Å². The van der Waals surface area contributed by atoms with Gasteiger partial charge < -0.3 is 10.6 Å². The molecule has 2 aromatic rings. The van der Waals surface area contributed by atoms with Crippen molar-refractivity contribution in [2.24, 2.45) is 0 Å². The standard InChI is InChI=1S/C16H14ClN3O2S/c1-18-14(21)10-5-7-13(8-6-10)19-16(23)20-15(22)11-3-2-4-12(17)9-11/h2-9H,1H3,(H,18,21)(H2,19,20,22,23). The molecule has 0 aliphatic heterocycles. The van der Waals surface area contributed by atoms with Gasteiger partial charge in [0.05, 0.1) is 0 Å². The van der Waals surface area contributed by atoms with E-state index in [1.807, 2.05) is 0 Å². The predicted octanol–water partition coefficient (Wildman–Crippen LogP) is 2.83. The molecule has 2 amide bonds. The van der Waals surface area contributed by atoms with E-state index in [9.17, 15) is 9.59 Å². The fourth-order valence-electron chi connectivity index (χ4n) is 1.82. The van der Waals surface area contributed by atoms with Crippen LogP contribution in [-0.2, 0) is 0 Å². The van der Waals surface area contributed by atoms with Crippen molar-refractivity contribution < 1.29 is 9.59 Å². The summed E-state index contributed by atoms with van der Waals surface area (Å²) < 4.78 is 0. The molecule has 0 aliphatic carbocycles. The minimum atomic E-state index is -0.355. The van der Waals surface area contributed by atoms with Crippen molar-refractivity contribution in [2.75, 3.05) is 12.4 Å². The molecule has 5 nitrogen and oxygen atoms in total. The normalized spacial score (nSPS) is 9.83. The largest absolute Gasteiger partial charge is 0.355 e. The summed E-state index contributed by atoms with van der Waals surface area (Å²) in [6, 6.07) is 13.3. The number of hydrogen-bond acceptors (Lipinski definition) is 3. The number of nitrogens with one attached hydrogen (secondary N) is 3. The van der Waals surface area contributed by atoms with Crippen molar-refractivity contribution >= 4 is 46.4 Å². The molecule has 0 fully saturated rings. The first-order chi connectivity index (χ1) is 11.0. The number of benzene rings is 2. The van der Waals surface area contributed by atoms with Gasteiger partial charge in [-0.2, -0.15) is 0 Å². The van der Waals surface area contributed by atoms with Gasteiger partial charge in [0.1, 0.15) is 0 Å². The summed E-state index contributed by atoms with van der Waals surface area (Å²) in [6.07, 6.45) is 0. The second-order valence-corrected chi connectivity index (χ2v) is 5.42. The van der Waals surface area contributed by atoms with Crippen LogP contribution in [0.4, 0.5) is 5.69 Å². The smallest absolute Gasteiger partial charge is 0.257 e. The molecule has 7 heteroatoms. The maximum absolute atomic E-state index is 12.0. The van der Waals surface area contributed by atoms with Crippen LogP contribution in [0.25, 0.3) is 0 Å². The molecule has 0 heterocycles. The van der Waals surface area contributed by atoms with Crippen molar-refractivity contribution in [1.29, 1.82) is 0 Å². The van der Waals surface area contributed by atoms with E-state index in [4.69, 9.17) is 23.8 Å². The lowest BCUT2D eigenvalue weighted by Gasteiger charge is -2.10. The van der Waals surface area contributed by atoms with Crippen molar-refractivity contribution in [3.8, 4) is 0 Å². The second kappa shape index (κ2) is 7.71. The van der Waals surface area contributed by atoms with Crippen LogP contribution < -0.4 is 16.0 Å². The molecule has 2 rings (SSSR count). The summed E-state index contributed by atoms with van der Waals surface area (Å²) in [7, 11) is 1.56. The van der Waals surface area contributed by atoms with Gasteiger partial charge in [0.15, 0.2) is 5.11 Å². The fraction of sp³-hybridized carbons (Fsp3) is 0.0625. The third kappa shape index (κ3) is 4.77. The second-order valence-electron chi connectivity index (χ2n) is 4.58. The Labute approximate surface area is 144 Å². The Hall–Kier alpha value is -2.44. The lowest BCUT2D eigenvalue weighted by molar-refractivity contribution is 0.0959. The van der Waals surface area contributed by atoms with Crippen molar-refractivity contribution in [1.82, 2.24) is 10.6 Å². The van der Waals surface area contributed by atoms with Gasteiger partial charge in [0.2, 0.25) is 0 Å². The summed E-state index contributed by atoms with van der Waals surface area (Å²) in [4.78, 5) is 23.5. The number of amides is 2. The van der Waals surface area contributed by atoms with Crippen LogP contribution in [0.1, 0.15) is 20.7 Å². The van der Waals surface area contributed by atoms with Gasteiger partial charge in [0, 0.05) is 28.9 Å². The molecule has 23 heavy (non-hydrogen) atoms. The van der Waals surface area contributed by atoms with Gasteiger partial charge in [-0.1, -0.05) is 17.7 Å². The number of hydrogen-bond donors (Lipinski definition) is 3. The Morgan fingerprint density at radius 3 is 2.30 bits per heavy atom. The van der Waals surface area contributed by atoms with Gasteiger partial charge in [-0.05, 0) is 54.7 Å². The van der Waals surface area contributed by atoms with E-state index in [-0.39, 0.29) is 16.9 Å². The Morgan fingerprint density at radius 1 is 1.00 bits per heavy atom. The van der Waals surface area contributed by atoms with E-state index in [1.54, 1.807) is 55.6 Å². The molecule has 0 saturated carbocycles. The molecule has 0 spiro atoms. The fourth-order valence-corrected chi connectivity index (χ4v) is 2.22. The van der Waals surface area contributed by atoms with Crippen LogP contribution in [0.5, 0.6) is 0 Å². The van der Waals surface area contributed by atoms with Crippen LogP contribution in [-0.4, -0.2) is 24.0 Å². The zero-order valence-corrected chi connectivity index (χ0v) is 13.8. The Balaban J connectivity index is 1.97. The van der Waals surface area contributed by atoms with E-state index in [0.29, 0.717) is 21.8 Å². The number of halogens is 1. The maximum atomic E-state index is 12.0. The number of thiocarbonyl (C=S) groups is 1. The Kier molecular flexibility index (Phi) is 5.67. The molecule has 0 bridgehead atoms. The highest BCUT2D eigenvalue weighted by atomic mass is 35.5. The van der Waals surface area contributed by atoms with Crippen LogP contribution in [0.2, 0.25) is 5.02 Å². The van der Waals surface area contributed by atoms with Gasteiger partial charge >= 0.3 is 0 Å². The number of anilines is 1. The summed E-state index contributed by atoms with van der Waals surface area (Å²) in [5.74, 6) is -0.527. The first-order valence-corrected chi connectivity index (χ1v) is 7.48. The Bertz CT molecular complexity index is 747. The molecule has 118 valence electrons. The minimum absolute atomic E-state index is 0.155. The monoisotopic (exact) mass is 347 g/mol. The molecule has 3 N–H and O–H groups in total. The van der Waals surface area contributed by atoms with Gasteiger partial charge in [0.25, 0.3) is 11.8 Å². The number of carbonyl (C=O) groups excluding carboxylic acids is 2. The predicted molar refractivity (Wildman–Crippen MR) is 95.0 cm³/mol. The molecule has 0 aromatic heterocycles. The van der Waals surface area contributed by atoms with E-state index >= 15 is 0 Å². The SMILES string of the molecule is CNC(=O)c1ccc(NC(=S)NC(=O)c2cccc(Cl)c2)cc1. The average molecular weight is 348 g/mol. The highest BCUT2D eigenvalue weighted by molar-refractivity contribution is 7.80. The van der Waals surface area contributed by atoms with Crippen molar-refractivity contribution in [2.45, 2.75) is 0 Å². The summed E-state index contributed by atoms with van der Waals surface area (Å²) in [6.45, 7) is 0. The molecular weight excluding hydrogens is 334 g/mol. The summed E-state index contributed by atoms with van der Waals surface area (Å²) in [5, 5.41) is 8.61. The van der Waals surface area contributed by atoms with Crippen molar-refractivity contribution in [3.63, 3.8) is 0 Å². The van der Waals surface area contributed by atoms with E-state index in [2.05, 4.69) is 16.0 Å². The quantitative estimate of drug-likeness (QED) is 0.747. The topological polar surface area (TPSA) is 70.2 Å². The average Bonchev–Trinajstić information content (AvgIpc) is 2.54. The molecule has 0 aliphatic rings. The molecule has 0 radical (unpaired) electrons. The zero-order chi connectivity index (χ0) is 16.8. The third-order valence-corrected chi connectivity index (χ3v) is 3.39. The summed E-state index contributed by atoms with van der Waals surface area (Å²) in [5.41, 5.74) is 1.61. The lowest BCUT2D eigenvalue weighted by Crippen LogP contribution is -2.34.